The fourth-order valence-corrected chi connectivity index (χ4v) is 9.57. The highest BCUT2D eigenvalue weighted by molar-refractivity contribution is 5.98. The van der Waals surface area contributed by atoms with Gasteiger partial charge in [-0.15, -0.1) is 0 Å². The molecule has 0 aliphatic heterocycles. The van der Waals surface area contributed by atoms with E-state index in [2.05, 4.69) is 254 Å². The molecule has 1 heteroatoms. The smallest absolute Gasteiger partial charge is 0.0714 e. The van der Waals surface area contributed by atoms with Crippen LogP contribution in [0.4, 0.5) is 17.1 Å². The van der Waals surface area contributed by atoms with Gasteiger partial charge in [-0.1, -0.05) is 212 Å². The van der Waals surface area contributed by atoms with Crippen molar-refractivity contribution >= 4 is 27.8 Å². The summed E-state index contributed by atoms with van der Waals surface area (Å²) in [5.74, 6) is 0. The second-order valence-electron chi connectivity index (χ2n) is 15.7. The summed E-state index contributed by atoms with van der Waals surface area (Å²) in [7, 11) is 0. The Bertz CT molecular complexity index is 3070. The van der Waals surface area contributed by atoms with Gasteiger partial charge in [-0.3, -0.25) is 0 Å². The van der Waals surface area contributed by atoms with Gasteiger partial charge in [0, 0.05) is 16.9 Å². The molecule has 1 aliphatic rings. The SMILES string of the molecule is c1ccc(-c2ccc(N(c3cccc(-c4ccc(-c5ccc6ccccc6c5)cc4)c3)c3cccc4c3-c3ccccc3C4(c3ccccc3)c3ccccc3)cc2)cc1. The lowest BCUT2D eigenvalue weighted by Gasteiger charge is -2.34. The first-order chi connectivity index (χ1) is 29.8. The molecule has 0 bridgehead atoms. The second kappa shape index (κ2) is 14.9. The van der Waals surface area contributed by atoms with E-state index in [9.17, 15) is 0 Å². The van der Waals surface area contributed by atoms with Crippen molar-refractivity contribution in [3.05, 3.63) is 271 Å². The third-order valence-corrected chi connectivity index (χ3v) is 12.3. The molecule has 60 heavy (non-hydrogen) atoms. The van der Waals surface area contributed by atoms with Gasteiger partial charge in [0.15, 0.2) is 0 Å². The molecule has 0 unspecified atom stereocenters. The number of nitrogens with zero attached hydrogens (tertiary/aromatic N) is 1. The molecule has 10 aromatic carbocycles. The van der Waals surface area contributed by atoms with Crippen molar-refractivity contribution in [2.24, 2.45) is 0 Å². The average molecular weight is 764 g/mol. The zero-order chi connectivity index (χ0) is 39.9. The van der Waals surface area contributed by atoms with Crippen LogP contribution in [0.3, 0.4) is 0 Å². The van der Waals surface area contributed by atoms with Crippen LogP contribution >= 0.6 is 0 Å². The lowest BCUT2D eigenvalue weighted by Crippen LogP contribution is -2.28. The molecular formula is C59H41N. The van der Waals surface area contributed by atoms with Crippen LogP contribution in [-0.2, 0) is 5.41 Å². The van der Waals surface area contributed by atoms with Crippen molar-refractivity contribution in [3.63, 3.8) is 0 Å². The van der Waals surface area contributed by atoms with Crippen molar-refractivity contribution in [1.82, 2.24) is 0 Å². The summed E-state index contributed by atoms with van der Waals surface area (Å²) in [6.45, 7) is 0. The number of hydrogen-bond donors (Lipinski definition) is 0. The molecule has 0 aromatic heterocycles. The molecule has 1 nitrogen and oxygen atoms in total. The van der Waals surface area contributed by atoms with Crippen LogP contribution in [0, 0.1) is 0 Å². The summed E-state index contributed by atoms with van der Waals surface area (Å²) in [5.41, 5.74) is 17.6. The van der Waals surface area contributed by atoms with Crippen LogP contribution in [0.1, 0.15) is 22.3 Å². The summed E-state index contributed by atoms with van der Waals surface area (Å²) in [5, 5.41) is 2.51. The Morgan fingerprint density at radius 3 is 1.47 bits per heavy atom. The Balaban J connectivity index is 1.09. The van der Waals surface area contributed by atoms with E-state index in [0.717, 1.165) is 17.1 Å². The molecule has 0 heterocycles. The summed E-state index contributed by atoms with van der Waals surface area (Å²) in [6, 6.07) is 91.0. The molecule has 0 saturated carbocycles. The molecule has 10 aromatic rings. The Hall–Kier alpha value is -7.74. The summed E-state index contributed by atoms with van der Waals surface area (Å²) in [6.07, 6.45) is 0. The minimum Gasteiger partial charge on any atom is -0.310 e. The zero-order valence-corrected chi connectivity index (χ0v) is 33.1. The monoisotopic (exact) mass is 763 g/mol. The summed E-state index contributed by atoms with van der Waals surface area (Å²) >= 11 is 0. The van der Waals surface area contributed by atoms with E-state index in [1.54, 1.807) is 0 Å². The van der Waals surface area contributed by atoms with Crippen LogP contribution in [0.5, 0.6) is 0 Å². The van der Waals surface area contributed by atoms with Gasteiger partial charge in [0.1, 0.15) is 0 Å². The standard InChI is InChI=1S/C59H41N/c1-4-16-42(17-5-1)44-36-38-52(39-37-44)60(53-25-14-20-48(41-53)45-30-32-46(33-31-45)49-35-34-43-18-10-11-19-47(43)40-49)57-29-15-28-56-58(57)54-26-12-13-27-55(54)59(56,50-21-6-2-7-22-50)51-23-8-3-9-24-51/h1-41H. The van der Waals surface area contributed by atoms with E-state index in [4.69, 9.17) is 0 Å². The largest absolute Gasteiger partial charge is 0.310 e. The van der Waals surface area contributed by atoms with Gasteiger partial charge >= 0.3 is 0 Å². The van der Waals surface area contributed by atoms with E-state index < -0.39 is 5.41 Å². The van der Waals surface area contributed by atoms with Gasteiger partial charge < -0.3 is 4.90 Å². The van der Waals surface area contributed by atoms with Crippen LogP contribution in [0.2, 0.25) is 0 Å². The summed E-state index contributed by atoms with van der Waals surface area (Å²) < 4.78 is 0. The number of anilines is 3. The quantitative estimate of drug-likeness (QED) is 0.149. The van der Waals surface area contributed by atoms with Gasteiger partial charge in [0.05, 0.1) is 11.1 Å². The first-order valence-corrected chi connectivity index (χ1v) is 20.8. The van der Waals surface area contributed by atoms with Gasteiger partial charge in [-0.05, 0) is 108 Å². The van der Waals surface area contributed by atoms with E-state index in [1.807, 2.05) is 0 Å². The fraction of sp³-hybridized carbons (Fsp3) is 0.0169. The Morgan fingerprint density at radius 2 is 0.767 bits per heavy atom. The summed E-state index contributed by atoms with van der Waals surface area (Å²) in [4.78, 5) is 2.46. The van der Waals surface area contributed by atoms with E-state index >= 15 is 0 Å². The molecule has 0 fully saturated rings. The fourth-order valence-electron chi connectivity index (χ4n) is 9.57. The minimum absolute atomic E-state index is 0.498. The maximum Gasteiger partial charge on any atom is 0.0714 e. The van der Waals surface area contributed by atoms with Crippen LogP contribution in [0.25, 0.3) is 55.3 Å². The molecule has 0 radical (unpaired) electrons. The molecule has 0 atom stereocenters. The third-order valence-electron chi connectivity index (χ3n) is 12.3. The van der Waals surface area contributed by atoms with E-state index in [-0.39, 0.29) is 0 Å². The normalized spacial score (nSPS) is 12.5. The number of hydrogen-bond acceptors (Lipinski definition) is 1. The van der Waals surface area contributed by atoms with E-state index in [0.29, 0.717) is 0 Å². The van der Waals surface area contributed by atoms with Crippen molar-refractivity contribution in [2.75, 3.05) is 4.90 Å². The minimum atomic E-state index is -0.498. The van der Waals surface area contributed by atoms with Gasteiger partial charge in [-0.2, -0.15) is 0 Å². The Labute approximate surface area is 352 Å². The molecule has 1 aliphatic carbocycles. The Kier molecular flexibility index (Phi) is 8.79. The van der Waals surface area contributed by atoms with Crippen molar-refractivity contribution in [3.8, 4) is 44.5 Å². The first kappa shape index (κ1) is 35.4. The maximum absolute atomic E-state index is 2.46. The lowest BCUT2D eigenvalue weighted by atomic mass is 9.68. The maximum atomic E-state index is 2.46. The molecule has 0 saturated heterocycles. The molecular weight excluding hydrogens is 723 g/mol. The topological polar surface area (TPSA) is 3.24 Å². The second-order valence-corrected chi connectivity index (χ2v) is 15.7. The molecule has 0 spiro atoms. The predicted octanol–water partition coefficient (Wildman–Crippen LogP) is 15.7. The molecule has 0 N–H and O–H groups in total. The van der Waals surface area contributed by atoms with Gasteiger partial charge in [-0.25, -0.2) is 0 Å². The van der Waals surface area contributed by atoms with Crippen molar-refractivity contribution < 1.29 is 0 Å². The van der Waals surface area contributed by atoms with E-state index in [1.165, 1.54) is 77.5 Å². The van der Waals surface area contributed by atoms with Gasteiger partial charge in [0.25, 0.3) is 0 Å². The van der Waals surface area contributed by atoms with Crippen LogP contribution in [-0.4, -0.2) is 0 Å². The van der Waals surface area contributed by atoms with Crippen LogP contribution < -0.4 is 4.90 Å². The third kappa shape index (κ3) is 5.94. The van der Waals surface area contributed by atoms with Gasteiger partial charge in [0.2, 0.25) is 0 Å². The number of fused-ring (bicyclic) bond motifs is 4. The Morgan fingerprint density at radius 1 is 0.283 bits per heavy atom. The highest BCUT2D eigenvalue weighted by Crippen LogP contribution is 2.59. The zero-order valence-electron chi connectivity index (χ0n) is 33.1. The lowest BCUT2D eigenvalue weighted by molar-refractivity contribution is 0.768. The van der Waals surface area contributed by atoms with Crippen LogP contribution in [0.15, 0.2) is 249 Å². The number of rotatable bonds is 8. The average Bonchev–Trinajstić information content (AvgIpc) is 3.64. The predicted molar refractivity (Wildman–Crippen MR) is 252 cm³/mol. The molecule has 282 valence electrons. The first-order valence-electron chi connectivity index (χ1n) is 20.8. The van der Waals surface area contributed by atoms with Crippen molar-refractivity contribution in [1.29, 1.82) is 0 Å². The molecule has 11 rings (SSSR count). The highest BCUT2D eigenvalue weighted by atomic mass is 15.1. The highest BCUT2D eigenvalue weighted by Gasteiger charge is 2.47. The number of benzene rings is 10. The van der Waals surface area contributed by atoms with Crippen molar-refractivity contribution in [2.45, 2.75) is 5.41 Å². The molecule has 0 amide bonds.